The second-order valence-corrected chi connectivity index (χ2v) is 6.94. The molecule has 1 aliphatic rings. The Morgan fingerprint density at radius 2 is 1.84 bits per heavy atom. The Bertz CT molecular complexity index is 329. The van der Waals surface area contributed by atoms with E-state index in [2.05, 4.69) is 14.9 Å². The van der Waals surface area contributed by atoms with E-state index in [1.807, 2.05) is 7.05 Å². The third-order valence-corrected chi connectivity index (χ3v) is 5.02. The van der Waals surface area contributed by atoms with Crippen molar-refractivity contribution in [3.63, 3.8) is 0 Å². The van der Waals surface area contributed by atoms with Gasteiger partial charge in [-0.05, 0) is 58.9 Å². The standard InChI is InChI=1S/C12H28N4O2S/c1-13-7-5-9-15(2)19(17,18)14-8-6-12-16-10-3-4-11-16/h13-14H,3-12H2,1-2H3. The van der Waals surface area contributed by atoms with E-state index in [1.165, 1.54) is 17.1 Å². The highest BCUT2D eigenvalue weighted by Gasteiger charge is 2.16. The lowest BCUT2D eigenvalue weighted by molar-refractivity contribution is 0.333. The molecule has 2 N–H and O–H groups in total. The van der Waals surface area contributed by atoms with Crippen molar-refractivity contribution in [2.24, 2.45) is 0 Å². The SMILES string of the molecule is CNCCCN(C)S(=O)(=O)NCCCN1CCCC1. The first-order valence-electron chi connectivity index (χ1n) is 7.14. The van der Waals surface area contributed by atoms with Crippen molar-refractivity contribution in [1.82, 2.24) is 19.2 Å². The predicted molar refractivity (Wildman–Crippen MR) is 78.4 cm³/mol. The molecule has 0 bridgehead atoms. The van der Waals surface area contributed by atoms with E-state index < -0.39 is 10.2 Å². The van der Waals surface area contributed by atoms with Gasteiger partial charge in [0.25, 0.3) is 10.2 Å². The zero-order valence-corrected chi connectivity index (χ0v) is 13.0. The highest BCUT2D eigenvalue weighted by Crippen LogP contribution is 2.07. The van der Waals surface area contributed by atoms with Gasteiger partial charge in [-0.15, -0.1) is 0 Å². The molecule has 6 nitrogen and oxygen atoms in total. The van der Waals surface area contributed by atoms with Crippen LogP contribution in [-0.4, -0.2) is 71.0 Å². The van der Waals surface area contributed by atoms with Crippen LogP contribution in [0, 0.1) is 0 Å². The molecule has 1 rings (SSSR count). The van der Waals surface area contributed by atoms with Crippen molar-refractivity contribution in [3.8, 4) is 0 Å². The van der Waals surface area contributed by atoms with E-state index in [4.69, 9.17) is 0 Å². The monoisotopic (exact) mass is 292 g/mol. The van der Waals surface area contributed by atoms with Crippen LogP contribution in [0.4, 0.5) is 0 Å². The molecule has 0 aromatic heterocycles. The summed E-state index contributed by atoms with van der Waals surface area (Å²) in [4.78, 5) is 2.39. The lowest BCUT2D eigenvalue weighted by Crippen LogP contribution is -2.40. The molecule has 1 saturated heterocycles. The molecule has 0 amide bonds. The van der Waals surface area contributed by atoms with Gasteiger partial charge in [-0.2, -0.15) is 12.7 Å². The van der Waals surface area contributed by atoms with Crippen LogP contribution in [-0.2, 0) is 10.2 Å². The number of rotatable bonds is 10. The highest BCUT2D eigenvalue weighted by molar-refractivity contribution is 7.87. The molecular weight excluding hydrogens is 264 g/mol. The second-order valence-electron chi connectivity index (χ2n) is 5.08. The van der Waals surface area contributed by atoms with Crippen LogP contribution in [0.5, 0.6) is 0 Å². The Labute approximate surface area is 117 Å². The molecule has 0 radical (unpaired) electrons. The summed E-state index contributed by atoms with van der Waals surface area (Å²) >= 11 is 0. The average molecular weight is 292 g/mol. The molecule has 0 aromatic carbocycles. The molecule has 7 heteroatoms. The lowest BCUT2D eigenvalue weighted by atomic mass is 10.4. The van der Waals surface area contributed by atoms with Crippen LogP contribution >= 0.6 is 0 Å². The lowest BCUT2D eigenvalue weighted by Gasteiger charge is -2.18. The normalized spacial score (nSPS) is 17.4. The van der Waals surface area contributed by atoms with E-state index in [1.54, 1.807) is 7.05 Å². The van der Waals surface area contributed by atoms with E-state index in [0.717, 1.165) is 39.0 Å². The Morgan fingerprint density at radius 1 is 1.16 bits per heavy atom. The van der Waals surface area contributed by atoms with Gasteiger partial charge >= 0.3 is 0 Å². The van der Waals surface area contributed by atoms with Crippen molar-refractivity contribution >= 4 is 10.2 Å². The minimum atomic E-state index is -3.30. The predicted octanol–water partition coefficient (Wildman–Crippen LogP) is -0.152. The minimum Gasteiger partial charge on any atom is -0.320 e. The molecule has 0 saturated carbocycles. The van der Waals surface area contributed by atoms with Crippen molar-refractivity contribution in [1.29, 1.82) is 0 Å². The van der Waals surface area contributed by atoms with E-state index in [0.29, 0.717) is 13.1 Å². The largest absolute Gasteiger partial charge is 0.320 e. The van der Waals surface area contributed by atoms with Gasteiger partial charge in [0.2, 0.25) is 0 Å². The van der Waals surface area contributed by atoms with Gasteiger partial charge in [0.05, 0.1) is 0 Å². The molecular formula is C12H28N4O2S. The highest BCUT2D eigenvalue weighted by atomic mass is 32.2. The quantitative estimate of drug-likeness (QED) is 0.550. The summed E-state index contributed by atoms with van der Waals surface area (Å²) in [6.07, 6.45) is 4.26. The van der Waals surface area contributed by atoms with E-state index in [9.17, 15) is 8.42 Å². The fraction of sp³-hybridized carbons (Fsp3) is 1.00. The summed E-state index contributed by atoms with van der Waals surface area (Å²) in [6, 6.07) is 0. The summed E-state index contributed by atoms with van der Waals surface area (Å²) in [5.74, 6) is 0. The molecule has 0 atom stereocenters. The average Bonchev–Trinajstić information content (AvgIpc) is 2.88. The van der Waals surface area contributed by atoms with Crippen LogP contribution in [0.15, 0.2) is 0 Å². The first-order valence-corrected chi connectivity index (χ1v) is 8.58. The Balaban J connectivity index is 2.14. The van der Waals surface area contributed by atoms with Crippen molar-refractivity contribution in [3.05, 3.63) is 0 Å². The Kier molecular flexibility index (Phi) is 7.86. The maximum atomic E-state index is 11.9. The van der Waals surface area contributed by atoms with Crippen LogP contribution in [0.25, 0.3) is 0 Å². The fourth-order valence-electron chi connectivity index (χ4n) is 2.22. The molecule has 114 valence electrons. The maximum Gasteiger partial charge on any atom is 0.279 e. The number of hydrogen-bond donors (Lipinski definition) is 2. The topological polar surface area (TPSA) is 64.7 Å². The van der Waals surface area contributed by atoms with Gasteiger partial charge < -0.3 is 10.2 Å². The second kappa shape index (κ2) is 8.86. The molecule has 0 aromatic rings. The van der Waals surface area contributed by atoms with Crippen LogP contribution in [0.2, 0.25) is 0 Å². The van der Waals surface area contributed by atoms with Crippen LogP contribution in [0.3, 0.4) is 0 Å². The molecule has 0 unspecified atom stereocenters. The zero-order valence-electron chi connectivity index (χ0n) is 12.2. The minimum absolute atomic E-state index is 0.523. The zero-order chi connectivity index (χ0) is 14.1. The summed E-state index contributed by atoms with van der Waals surface area (Å²) < 4.78 is 27.9. The third-order valence-electron chi connectivity index (χ3n) is 3.44. The summed E-state index contributed by atoms with van der Waals surface area (Å²) in [5, 5.41) is 3.01. The van der Waals surface area contributed by atoms with Crippen LogP contribution < -0.4 is 10.0 Å². The van der Waals surface area contributed by atoms with Crippen molar-refractivity contribution < 1.29 is 8.42 Å². The number of nitrogens with one attached hydrogen (secondary N) is 2. The molecule has 19 heavy (non-hydrogen) atoms. The number of likely N-dealkylation sites (tertiary alicyclic amines) is 1. The molecule has 1 aliphatic heterocycles. The van der Waals surface area contributed by atoms with Gasteiger partial charge in [-0.3, -0.25) is 0 Å². The van der Waals surface area contributed by atoms with E-state index in [-0.39, 0.29) is 0 Å². The Hall–Kier alpha value is -0.210. The first-order chi connectivity index (χ1) is 9.06. The van der Waals surface area contributed by atoms with Crippen molar-refractivity contribution in [2.45, 2.75) is 25.7 Å². The molecule has 0 spiro atoms. The van der Waals surface area contributed by atoms with Gasteiger partial charge in [0, 0.05) is 20.1 Å². The summed E-state index contributed by atoms with van der Waals surface area (Å²) in [5.41, 5.74) is 0. The summed E-state index contributed by atoms with van der Waals surface area (Å²) in [7, 11) is 0.190. The van der Waals surface area contributed by atoms with Crippen molar-refractivity contribution in [2.75, 3.05) is 53.4 Å². The molecule has 1 fully saturated rings. The van der Waals surface area contributed by atoms with E-state index >= 15 is 0 Å². The van der Waals surface area contributed by atoms with Gasteiger partial charge in [-0.1, -0.05) is 0 Å². The van der Waals surface area contributed by atoms with Gasteiger partial charge in [-0.25, -0.2) is 4.72 Å². The van der Waals surface area contributed by atoms with Gasteiger partial charge in [0.15, 0.2) is 0 Å². The van der Waals surface area contributed by atoms with Gasteiger partial charge in [0.1, 0.15) is 0 Å². The maximum absolute atomic E-state index is 11.9. The van der Waals surface area contributed by atoms with Crippen LogP contribution in [0.1, 0.15) is 25.7 Å². The smallest absolute Gasteiger partial charge is 0.279 e. The number of hydrogen-bond acceptors (Lipinski definition) is 4. The third kappa shape index (κ3) is 6.67. The molecule has 0 aliphatic carbocycles. The molecule has 1 heterocycles. The summed E-state index contributed by atoms with van der Waals surface area (Å²) in [6.45, 7) is 5.21. The Morgan fingerprint density at radius 3 is 2.47 bits per heavy atom. The number of nitrogens with zero attached hydrogens (tertiary/aromatic N) is 2. The fourth-order valence-corrected chi connectivity index (χ4v) is 3.21. The first kappa shape index (κ1) is 16.8.